The summed E-state index contributed by atoms with van der Waals surface area (Å²) < 4.78 is 5.09. The Morgan fingerprint density at radius 3 is 2.43 bits per heavy atom. The lowest BCUT2D eigenvalue weighted by atomic mass is 9.97. The highest BCUT2D eigenvalue weighted by atomic mass is 32.1. The highest BCUT2D eigenvalue weighted by molar-refractivity contribution is 7.80. The fourth-order valence-electron chi connectivity index (χ4n) is 2.19. The van der Waals surface area contributed by atoms with E-state index < -0.39 is 5.92 Å². The van der Waals surface area contributed by atoms with E-state index in [1.165, 1.54) is 0 Å². The lowest BCUT2D eigenvalue weighted by molar-refractivity contribution is -0.132. The van der Waals surface area contributed by atoms with Crippen molar-refractivity contribution in [1.29, 1.82) is 0 Å². The second kappa shape index (κ2) is 8.74. The summed E-state index contributed by atoms with van der Waals surface area (Å²) in [4.78, 5) is 14.8. The van der Waals surface area contributed by atoms with Crippen LogP contribution in [-0.2, 0) is 9.53 Å². The smallest absolute Gasteiger partial charge is 0.237 e. The zero-order chi connectivity index (χ0) is 15.8. The van der Waals surface area contributed by atoms with Crippen LogP contribution in [0.15, 0.2) is 30.3 Å². The molecule has 0 spiro atoms. The van der Waals surface area contributed by atoms with Crippen molar-refractivity contribution in [1.82, 2.24) is 4.90 Å². The van der Waals surface area contributed by atoms with Crippen molar-refractivity contribution in [2.24, 2.45) is 11.7 Å². The molecule has 0 fully saturated rings. The number of thiocarbonyl (C=S) groups is 1. The van der Waals surface area contributed by atoms with Gasteiger partial charge in [-0.25, -0.2) is 0 Å². The minimum absolute atomic E-state index is 0.0561. The van der Waals surface area contributed by atoms with Crippen molar-refractivity contribution >= 4 is 23.1 Å². The summed E-state index contributed by atoms with van der Waals surface area (Å²) in [6.45, 7) is 5.85. The summed E-state index contributed by atoms with van der Waals surface area (Å²) in [5.41, 5.74) is 6.65. The van der Waals surface area contributed by atoms with Gasteiger partial charge in [0, 0.05) is 20.2 Å². The fourth-order valence-corrected chi connectivity index (χ4v) is 2.43. The molecule has 0 aromatic heterocycles. The van der Waals surface area contributed by atoms with Gasteiger partial charge in [0.15, 0.2) is 0 Å². The molecule has 0 bridgehead atoms. The third kappa shape index (κ3) is 5.44. The molecular formula is C16H24N2O2S. The Hall–Kier alpha value is -1.46. The van der Waals surface area contributed by atoms with Gasteiger partial charge in [0.25, 0.3) is 0 Å². The standard InChI is InChI=1S/C16H24N2O2S/c1-12(2)11-18(9-10-20-3)16(19)14(15(17)21)13-7-5-4-6-8-13/h4-8,12,14H,9-11H2,1-3H3,(H2,17,21). The lowest BCUT2D eigenvalue weighted by Gasteiger charge is -2.28. The third-order valence-corrected chi connectivity index (χ3v) is 3.36. The van der Waals surface area contributed by atoms with Gasteiger partial charge in [-0.1, -0.05) is 56.4 Å². The molecule has 0 aliphatic heterocycles. The number of hydrogen-bond donors (Lipinski definition) is 1. The van der Waals surface area contributed by atoms with Gasteiger partial charge in [-0.3, -0.25) is 4.79 Å². The maximum atomic E-state index is 12.8. The van der Waals surface area contributed by atoms with Crippen molar-refractivity contribution in [3.05, 3.63) is 35.9 Å². The van der Waals surface area contributed by atoms with Gasteiger partial charge in [0.05, 0.1) is 11.6 Å². The van der Waals surface area contributed by atoms with Gasteiger partial charge >= 0.3 is 0 Å². The van der Waals surface area contributed by atoms with Crippen molar-refractivity contribution in [3.63, 3.8) is 0 Å². The molecule has 4 nitrogen and oxygen atoms in total. The van der Waals surface area contributed by atoms with E-state index in [0.717, 1.165) is 5.56 Å². The molecule has 116 valence electrons. The molecule has 5 heteroatoms. The molecule has 1 rings (SSSR count). The van der Waals surface area contributed by atoms with Gasteiger partial charge in [-0.05, 0) is 11.5 Å². The van der Waals surface area contributed by atoms with Crippen LogP contribution < -0.4 is 5.73 Å². The minimum Gasteiger partial charge on any atom is -0.392 e. The predicted molar refractivity (Wildman–Crippen MR) is 89.3 cm³/mol. The zero-order valence-electron chi connectivity index (χ0n) is 12.9. The lowest BCUT2D eigenvalue weighted by Crippen LogP contribution is -2.43. The van der Waals surface area contributed by atoms with Gasteiger partial charge in [0.2, 0.25) is 5.91 Å². The maximum Gasteiger partial charge on any atom is 0.237 e. The number of nitrogens with zero attached hydrogens (tertiary/aromatic N) is 1. The minimum atomic E-state index is -0.572. The Kier molecular flexibility index (Phi) is 7.32. The van der Waals surface area contributed by atoms with Crippen LogP contribution in [0.4, 0.5) is 0 Å². The van der Waals surface area contributed by atoms with Crippen LogP contribution in [0.1, 0.15) is 25.3 Å². The molecular weight excluding hydrogens is 284 g/mol. The molecule has 0 aliphatic rings. The predicted octanol–water partition coefficient (Wildman–Crippen LogP) is 2.19. The van der Waals surface area contributed by atoms with Crippen LogP contribution in [0.5, 0.6) is 0 Å². The van der Waals surface area contributed by atoms with Gasteiger partial charge in [-0.15, -0.1) is 0 Å². The number of benzene rings is 1. The molecule has 0 saturated carbocycles. The number of rotatable bonds is 8. The highest BCUT2D eigenvalue weighted by Gasteiger charge is 2.28. The Morgan fingerprint density at radius 1 is 1.33 bits per heavy atom. The van der Waals surface area contributed by atoms with E-state index in [2.05, 4.69) is 13.8 Å². The average molecular weight is 308 g/mol. The Balaban J connectivity index is 2.98. The Labute approximate surface area is 132 Å². The first kappa shape index (κ1) is 17.6. The van der Waals surface area contributed by atoms with Gasteiger partial charge in [-0.2, -0.15) is 0 Å². The van der Waals surface area contributed by atoms with Crippen LogP contribution >= 0.6 is 12.2 Å². The summed E-state index contributed by atoms with van der Waals surface area (Å²) in [7, 11) is 1.63. The summed E-state index contributed by atoms with van der Waals surface area (Å²) in [5, 5.41) is 0. The molecule has 1 aromatic carbocycles. The highest BCUT2D eigenvalue weighted by Crippen LogP contribution is 2.20. The first-order chi connectivity index (χ1) is 9.97. The fraction of sp³-hybridized carbons (Fsp3) is 0.500. The summed E-state index contributed by atoms with van der Waals surface area (Å²) >= 11 is 5.12. The third-order valence-electron chi connectivity index (χ3n) is 3.13. The summed E-state index contributed by atoms with van der Waals surface area (Å²) in [6.07, 6.45) is 0. The number of nitrogens with two attached hydrogens (primary N) is 1. The monoisotopic (exact) mass is 308 g/mol. The van der Waals surface area contributed by atoms with Crippen LogP contribution in [0.3, 0.4) is 0 Å². The number of methoxy groups -OCH3 is 1. The van der Waals surface area contributed by atoms with Crippen LogP contribution in [0.25, 0.3) is 0 Å². The van der Waals surface area contributed by atoms with E-state index in [9.17, 15) is 4.79 Å². The van der Waals surface area contributed by atoms with Crippen molar-refractivity contribution in [2.75, 3.05) is 26.8 Å². The van der Waals surface area contributed by atoms with E-state index in [-0.39, 0.29) is 10.9 Å². The average Bonchev–Trinajstić information content (AvgIpc) is 2.44. The number of amides is 1. The Morgan fingerprint density at radius 2 is 1.95 bits per heavy atom. The van der Waals surface area contributed by atoms with Crippen LogP contribution in [0.2, 0.25) is 0 Å². The quantitative estimate of drug-likeness (QED) is 0.748. The molecule has 1 aromatic rings. The number of carbonyl (C=O) groups excluding carboxylic acids is 1. The zero-order valence-corrected chi connectivity index (χ0v) is 13.7. The number of carbonyl (C=O) groups is 1. The van der Waals surface area contributed by atoms with Crippen molar-refractivity contribution < 1.29 is 9.53 Å². The van der Waals surface area contributed by atoms with E-state index in [1.54, 1.807) is 12.0 Å². The molecule has 2 N–H and O–H groups in total. The maximum absolute atomic E-state index is 12.8. The van der Waals surface area contributed by atoms with E-state index in [1.807, 2.05) is 30.3 Å². The topological polar surface area (TPSA) is 55.6 Å². The second-order valence-electron chi connectivity index (χ2n) is 5.42. The molecule has 21 heavy (non-hydrogen) atoms. The SMILES string of the molecule is COCCN(CC(C)C)C(=O)C(C(N)=S)c1ccccc1. The summed E-state index contributed by atoms with van der Waals surface area (Å²) in [6, 6.07) is 9.43. The first-order valence-electron chi connectivity index (χ1n) is 7.09. The molecule has 1 amide bonds. The van der Waals surface area contributed by atoms with Crippen LogP contribution in [0, 0.1) is 5.92 Å². The van der Waals surface area contributed by atoms with Crippen molar-refractivity contribution in [3.8, 4) is 0 Å². The van der Waals surface area contributed by atoms with Gasteiger partial charge in [0.1, 0.15) is 5.92 Å². The number of hydrogen-bond acceptors (Lipinski definition) is 3. The molecule has 1 unspecified atom stereocenters. The number of ether oxygens (including phenoxy) is 1. The molecule has 0 saturated heterocycles. The van der Waals surface area contributed by atoms with E-state index >= 15 is 0 Å². The first-order valence-corrected chi connectivity index (χ1v) is 7.50. The molecule has 0 aliphatic carbocycles. The summed E-state index contributed by atoms with van der Waals surface area (Å²) in [5.74, 6) is -0.259. The van der Waals surface area contributed by atoms with E-state index in [4.69, 9.17) is 22.7 Å². The van der Waals surface area contributed by atoms with E-state index in [0.29, 0.717) is 25.6 Å². The van der Waals surface area contributed by atoms with Crippen molar-refractivity contribution in [2.45, 2.75) is 19.8 Å². The molecule has 0 heterocycles. The largest absolute Gasteiger partial charge is 0.392 e. The normalized spacial score (nSPS) is 12.2. The van der Waals surface area contributed by atoms with Gasteiger partial charge < -0.3 is 15.4 Å². The Bertz CT molecular complexity index is 463. The second-order valence-corrected chi connectivity index (χ2v) is 5.89. The molecule has 1 atom stereocenters. The van der Waals surface area contributed by atoms with Crippen LogP contribution in [-0.4, -0.2) is 42.6 Å². The molecule has 0 radical (unpaired) electrons.